The Balaban J connectivity index is 0. The van der Waals surface area contributed by atoms with Gasteiger partial charge in [0.25, 0.3) is 0 Å². The van der Waals surface area contributed by atoms with Crippen molar-refractivity contribution in [1.29, 1.82) is 0 Å². The molecule has 0 aliphatic rings. The molecule has 1 aromatic carbocycles. The molecule has 0 unspecified atom stereocenters. The van der Waals surface area contributed by atoms with Crippen LogP contribution in [0.25, 0.3) is 0 Å². The number of halogens is 3. The van der Waals surface area contributed by atoms with Gasteiger partial charge in [-0.2, -0.15) is 0 Å². The van der Waals surface area contributed by atoms with Crippen molar-refractivity contribution in [2.24, 2.45) is 0 Å². The second-order valence-electron chi connectivity index (χ2n) is 1.56. The summed E-state index contributed by atoms with van der Waals surface area (Å²) in [5, 5.41) is 0. The summed E-state index contributed by atoms with van der Waals surface area (Å²) in [5.41, 5.74) is 0. The summed E-state index contributed by atoms with van der Waals surface area (Å²) in [6, 6.07) is 5.95. The van der Waals surface area contributed by atoms with Gasteiger partial charge in [0, 0.05) is 0 Å². The summed E-state index contributed by atoms with van der Waals surface area (Å²) >= 11 is 0.968. The van der Waals surface area contributed by atoms with Crippen LogP contribution in [0.5, 0.6) is 5.75 Å². The molecule has 0 atom stereocenters. The van der Waals surface area contributed by atoms with Crippen molar-refractivity contribution in [1.82, 2.24) is 0 Å². The Bertz CT molecular complexity index is 192. The molecule has 0 aliphatic carbocycles. The SMILES string of the molecule is Cl.Cl.Fc1ccc([O][Zr])cc1. The van der Waals surface area contributed by atoms with Gasteiger partial charge in [-0.15, -0.1) is 24.8 Å². The first-order valence-corrected chi connectivity index (χ1v) is 3.42. The van der Waals surface area contributed by atoms with Gasteiger partial charge in [-0.05, 0) is 0 Å². The first-order chi connectivity index (χ1) is 4.33. The van der Waals surface area contributed by atoms with Crippen LogP contribution >= 0.6 is 24.8 Å². The van der Waals surface area contributed by atoms with Crippen molar-refractivity contribution in [3.8, 4) is 5.75 Å². The molecule has 0 aliphatic heterocycles. The number of hydrogen-bond acceptors (Lipinski definition) is 1. The van der Waals surface area contributed by atoms with E-state index >= 15 is 0 Å². The summed E-state index contributed by atoms with van der Waals surface area (Å²) in [5.74, 6) is 0.487. The van der Waals surface area contributed by atoms with Crippen LogP contribution < -0.4 is 2.81 Å². The van der Waals surface area contributed by atoms with E-state index < -0.39 is 0 Å². The van der Waals surface area contributed by atoms with E-state index in [1.807, 2.05) is 0 Å². The zero-order valence-electron chi connectivity index (χ0n) is 5.41. The minimum absolute atomic E-state index is 0. The van der Waals surface area contributed by atoms with Gasteiger partial charge in [0.15, 0.2) is 0 Å². The Morgan fingerprint density at radius 3 is 1.91 bits per heavy atom. The molecular formula is C6H6Cl2FOZr. The quantitative estimate of drug-likeness (QED) is 0.765. The van der Waals surface area contributed by atoms with Crippen LogP contribution in [0, 0.1) is 5.82 Å². The van der Waals surface area contributed by atoms with E-state index in [1.165, 1.54) is 12.1 Å². The third-order valence-electron chi connectivity index (χ3n) is 0.931. The summed E-state index contributed by atoms with van der Waals surface area (Å²) in [7, 11) is 0. The molecule has 0 heterocycles. The van der Waals surface area contributed by atoms with Crippen molar-refractivity contribution in [2.45, 2.75) is 0 Å². The van der Waals surface area contributed by atoms with Crippen LogP contribution in [-0.2, 0) is 25.2 Å². The Labute approximate surface area is 92.6 Å². The third-order valence-corrected chi connectivity index (χ3v) is 1.51. The zero-order valence-corrected chi connectivity index (χ0v) is 9.50. The van der Waals surface area contributed by atoms with Crippen molar-refractivity contribution < 1.29 is 32.4 Å². The zero-order chi connectivity index (χ0) is 6.69. The molecule has 1 nitrogen and oxygen atoms in total. The monoisotopic (exact) mass is 273 g/mol. The molecule has 0 radical (unpaired) electrons. The van der Waals surface area contributed by atoms with E-state index in [2.05, 4.69) is 0 Å². The van der Waals surface area contributed by atoms with Gasteiger partial charge >= 0.3 is 68.2 Å². The van der Waals surface area contributed by atoms with Crippen LogP contribution in [-0.4, -0.2) is 0 Å². The van der Waals surface area contributed by atoms with Gasteiger partial charge in [-0.25, -0.2) is 0 Å². The molecular weight excluding hydrogens is 269 g/mol. The molecule has 0 bridgehead atoms. The third kappa shape index (κ3) is 4.78. The first-order valence-electron chi connectivity index (χ1n) is 2.42. The molecule has 1 rings (SSSR count). The van der Waals surface area contributed by atoms with E-state index in [1.54, 1.807) is 12.1 Å². The van der Waals surface area contributed by atoms with E-state index in [0.717, 1.165) is 30.9 Å². The fourth-order valence-electron chi connectivity index (χ4n) is 0.503. The van der Waals surface area contributed by atoms with Crippen LogP contribution in [0.4, 0.5) is 4.39 Å². The predicted octanol–water partition coefficient (Wildman–Crippen LogP) is 2.51. The second-order valence-corrected chi connectivity index (χ2v) is 2.06. The molecule has 1 aromatic rings. The molecule has 0 fully saturated rings. The molecule has 0 aromatic heterocycles. The fraction of sp³-hybridized carbons (Fsp3) is 0. The van der Waals surface area contributed by atoms with Gasteiger partial charge in [-0.3, -0.25) is 0 Å². The van der Waals surface area contributed by atoms with Crippen molar-refractivity contribution in [2.75, 3.05) is 0 Å². The molecule has 5 heteroatoms. The maximum absolute atomic E-state index is 12.2. The topological polar surface area (TPSA) is 9.23 Å². The summed E-state index contributed by atoms with van der Waals surface area (Å²) in [4.78, 5) is 0. The van der Waals surface area contributed by atoms with E-state index in [9.17, 15) is 4.39 Å². The first kappa shape index (κ1) is 14.0. The number of benzene rings is 1. The van der Waals surface area contributed by atoms with Crippen LogP contribution in [0.3, 0.4) is 0 Å². The number of hydrogen-bond donors (Lipinski definition) is 0. The Hall–Kier alpha value is 0.413. The van der Waals surface area contributed by atoms with Crippen molar-refractivity contribution in [3.63, 3.8) is 0 Å². The Morgan fingerprint density at radius 1 is 1.09 bits per heavy atom. The summed E-state index contributed by atoms with van der Waals surface area (Å²) in [6.07, 6.45) is 0. The summed E-state index contributed by atoms with van der Waals surface area (Å²) in [6.45, 7) is 0. The average Bonchev–Trinajstić information content (AvgIpc) is 1.90. The van der Waals surface area contributed by atoms with E-state index in [-0.39, 0.29) is 30.6 Å². The molecule has 0 N–H and O–H groups in total. The molecule has 0 saturated heterocycles. The maximum atomic E-state index is 12.2. The van der Waals surface area contributed by atoms with Crippen LogP contribution in [0.15, 0.2) is 24.3 Å². The molecule has 0 spiro atoms. The Morgan fingerprint density at radius 2 is 1.55 bits per heavy atom. The van der Waals surface area contributed by atoms with E-state index in [4.69, 9.17) is 2.81 Å². The van der Waals surface area contributed by atoms with Crippen LogP contribution in [0.1, 0.15) is 0 Å². The molecule has 0 saturated carbocycles. The molecule has 0 amide bonds. The van der Waals surface area contributed by atoms with Gasteiger partial charge in [-0.1, -0.05) is 0 Å². The predicted molar refractivity (Wildman–Crippen MR) is 41.5 cm³/mol. The Kier molecular flexibility index (Phi) is 8.99. The standard InChI is InChI=1S/C6H5FO.2ClH.Zr/c7-5-1-3-6(8)4-2-5;;;/h1-4,8H;2*1H;/q;;;+1/p-1. The van der Waals surface area contributed by atoms with Gasteiger partial charge in [0.2, 0.25) is 0 Å². The molecule has 11 heavy (non-hydrogen) atoms. The van der Waals surface area contributed by atoms with Gasteiger partial charge < -0.3 is 0 Å². The minimum atomic E-state index is -0.230. The van der Waals surface area contributed by atoms with Crippen molar-refractivity contribution in [3.05, 3.63) is 30.1 Å². The van der Waals surface area contributed by atoms with Crippen LogP contribution in [0.2, 0.25) is 0 Å². The van der Waals surface area contributed by atoms with E-state index in [0.29, 0.717) is 0 Å². The molecule has 61 valence electrons. The second kappa shape index (κ2) is 7.08. The van der Waals surface area contributed by atoms with Gasteiger partial charge in [0.1, 0.15) is 0 Å². The normalized spacial score (nSPS) is 7.27. The number of rotatable bonds is 1. The summed E-state index contributed by atoms with van der Waals surface area (Å²) < 4.78 is 17.1. The fourth-order valence-corrected chi connectivity index (χ4v) is 0.837. The average molecular weight is 275 g/mol. The van der Waals surface area contributed by atoms with Crippen molar-refractivity contribution >= 4 is 24.8 Å². The van der Waals surface area contributed by atoms with Gasteiger partial charge in [0.05, 0.1) is 0 Å².